The van der Waals surface area contributed by atoms with Crippen molar-refractivity contribution in [3.8, 4) is 6.07 Å². The van der Waals surface area contributed by atoms with Crippen LogP contribution in [0.3, 0.4) is 0 Å². The van der Waals surface area contributed by atoms with Crippen LogP contribution in [-0.4, -0.2) is 37.2 Å². The van der Waals surface area contributed by atoms with E-state index >= 15 is 0 Å². The highest BCUT2D eigenvalue weighted by molar-refractivity contribution is 7.99. The monoisotopic (exact) mass is 455 g/mol. The normalized spacial score (nSPS) is 13.9. The Hall–Kier alpha value is -3.77. The summed E-state index contributed by atoms with van der Waals surface area (Å²) in [4.78, 5) is 7.05. The van der Waals surface area contributed by atoms with Gasteiger partial charge in [-0.05, 0) is 67.4 Å². The zero-order valence-electron chi connectivity index (χ0n) is 18.1. The van der Waals surface area contributed by atoms with E-state index in [1.165, 1.54) is 11.8 Å². The van der Waals surface area contributed by atoms with Crippen LogP contribution < -0.4 is 4.90 Å². The maximum Gasteiger partial charge on any atom is 0.228 e. The summed E-state index contributed by atoms with van der Waals surface area (Å²) >= 11 is 1.53. The Bertz CT molecular complexity index is 1500. The number of fused-ring (bicyclic) bond motifs is 3. The summed E-state index contributed by atoms with van der Waals surface area (Å²) in [7, 11) is 0. The number of pyridine rings is 1. The lowest BCUT2D eigenvalue weighted by Crippen LogP contribution is -2.22. The molecule has 1 aliphatic heterocycles. The molecular weight excluding hydrogens is 434 g/mol. The number of rotatable bonds is 5. The van der Waals surface area contributed by atoms with E-state index in [4.69, 9.17) is 9.40 Å². The molecule has 164 valence electrons. The third-order valence-electron chi connectivity index (χ3n) is 6.03. The molecule has 0 unspecified atom stereocenters. The Kier molecular flexibility index (Phi) is 4.80. The van der Waals surface area contributed by atoms with Crippen LogP contribution in [0.2, 0.25) is 0 Å². The second kappa shape index (κ2) is 7.98. The second-order valence-electron chi connectivity index (χ2n) is 8.16. The van der Waals surface area contributed by atoms with Crippen LogP contribution in [0.5, 0.6) is 0 Å². The lowest BCUT2D eigenvalue weighted by molar-refractivity contribution is 0.483. The summed E-state index contributed by atoms with van der Waals surface area (Å²) in [6.45, 7) is 4.46. The first-order valence-corrected chi connectivity index (χ1v) is 11.7. The number of furan rings is 1. The fraction of sp³-hybridized carbons (Fsp3) is 0.250. The average molecular weight is 456 g/mol. The molecule has 6 rings (SSSR count). The molecule has 0 amide bonds. The summed E-state index contributed by atoms with van der Waals surface area (Å²) in [6, 6.07) is 16.2. The van der Waals surface area contributed by atoms with Gasteiger partial charge in [-0.15, -0.1) is 10.2 Å². The average Bonchev–Trinajstić information content (AvgIpc) is 3.61. The van der Waals surface area contributed by atoms with E-state index in [9.17, 15) is 5.26 Å². The highest BCUT2D eigenvalue weighted by Crippen LogP contribution is 2.35. The first-order chi connectivity index (χ1) is 16.2. The van der Waals surface area contributed by atoms with E-state index in [1.807, 2.05) is 53.8 Å². The van der Waals surface area contributed by atoms with Gasteiger partial charge in [0.15, 0.2) is 10.8 Å². The molecule has 0 bridgehead atoms. The minimum absolute atomic E-state index is 0.553. The highest BCUT2D eigenvalue weighted by atomic mass is 32.2. The van der Waals surface area contributed by atoms with Crippen molar-refractivity contribution in [2.75, 3.05) is 18.0 Å². The number of para-hydroxylation sites is 2. The molecule has 0 N–H and O–H groups in total. The summed E-state index contributed by atoms with van der Waals surface area (Å²) in [5.74, 6) is 1.72. The fourth-order valence-corrected chi connectivity index (χ4v) is 5.46. The Morgan fingerprint density at radius 2 is 1.97 bits per heavy atom. The van der Waals surface area contributed by atoms with Gasteiger partial charge in [0, 0.05) is 13.1 Å². The van der Waals surface area contributed by atoms with Crippen LogP contribution in [0, 0.1) is 18.3 Å². The Balaban J connectivity index is 1.51. The molecular formula is C24H21N7OS. The van der Waals surface area contributed by atoms with Gasteiger partial charge in [-0.3, -0.25) is 8.97 Å². The number of aromatic nitrogens is 5. The van der Waals surface area contributed by atoms with Crippen molar-refractivity contribution in [1.82, 2.24) is 24.1 Å². The van der Waals surface area contributed by atoms with Crippen LogP contribution in [0.4, 0.5) is 5.95 Å². The van der Waals surface area contributed by atoms with E-state index in [-0.39, 0.29) is 0 Å². The molecule has 5 heterocycles. The van der Waals surface area contributed by atoms with Crippen LogP contribution in [0.25, 0.3) is 16.7 Å². The topological polar surface area (TPSA) is 88.2 Å². The van der Waals surface area contributed by atoms with Gasteiger partial charge < -0.3 is 9.32 Å². The van der Waals surface area contributed by atoms with Gasteiger partial charge in [-0.25, -0.2) is 4.98 Å². The number of nitriles is 1. The van der Waals surface area contributed by atoms with Crippen LogP contribution in [0.1, 0.15) is 29.7 Å². The molecule has 8 nitrogen and oxygen atoms in total. The summed E-state index contributed by atoms with van der Waals surface area (Å²) < 4.78 is 9.81. The van der Waals surface area contributed by atoms with E-state index in [0.717, 1.165) is 64.4 Å². The van der Waals surface area contributed by atoms with E-state index in [0.29, 0.717) is 17.8 Å². The summed E-state index contributed by atoms with van der Waals surface area (Å²) in [5.41, 5.74) is 3.96. The van der Waals surface area contributed by atoms with Crippen molar-refractivity contribution in [1.29, 1.82) is 5.26 Å². The van der Waals surface area contributed by atoms with Crippen molar-refractivity contribution in [3.63, 3.8) is 0 Å². The first-order valence-electron chi connectivity index (χ1n) is 10.9. The third kappa shape index (κ3) is 3.34. The van der Waals surface area contributed by atoms with Crippen molar-refractivity contribution < 1.29 is 4.42 Å². The lowest BCUT2D eigenvalue weighted by Gasteiger charge is -2.18. The molecule has 0 aliphatic carbocycles. The van der Waals surface area contributed by atoms with Crippen LogP contribution in [-0.2, 0) is 6.54 Å². The molecule has 33 heavy (non-hydrogen) atoms. The zero-order valence-corrected chi connectivity index (χ0v) is 18.9. The highest BCUT2D eigenvalue weighted by Gasteiger charge is 2.24. The predicted molar refractivity (Wildman–Crippen MR) is 126 cm³/mol. The van der Waals surface area contributed by atoms with Gasteiger partial charge >= 0.3 is 0 Å². The van der Waals surface area contributed by atoms with Crippen LogP contribution in [0.15, 0.2) is 63.3 Å². The van der Waals surface area contributed by atoms with Crippen molar-refractivity contribution in [2.24, 2.45) is 0 Å². The minimum atomic E-state index is 0.553. The van der Waals surface area contributed by atoms with Gasteiger partial charge in [0.25, 0.3) is 0 Å². The largest absolute Gasteiger partial charge is 0.467 e. The third-order valence-corrected chi connectivity index (χ3v) is 7.02. The molecule has 0 radical (unpaired) electrons. The standard InChI is InChI=1S/C24H21N7OS/c1-16-13-21(31-20-9-3-2-8-19(20)26-22(31)18(16)14-25)33-24-28-27-23(29-10-4-5-11-29)30(24)15-17-7-6-12-32-17/h2-3,6-9,12-13H,4-5,10-11,15H2,1H3. The number of hydrogen-bond donors (Lipinski definition) is 0. The van der Waals surface area contributed by atoms with Crippen molar-refractivity contribution in [2.45, 2.75) is 36.5 Å². The lowest BCUT2D eigenvalue weighted by atomic mass is 10.2. The quantitative estimate of drug-likeness (QED) is 0.381. The van der Waals surface area contributed by atoms with Crippen molar-refractivity contribution >= 4 is 34.4 Å². The molecule has 1 aromatic carbocycles. The summed E-state index contributed by atoms with van der Waals surface area (Å²) in [6.07, 6.45) is 4.01. The second-order valence-corrected chi connectivity index (χ2v) is 9.14. The van der Waals surface area contributed by atoms with E-state index in [2.05, 4.69) is 25.7 Å². The van der Waals surface area contributed by atoms with Crippen molar-refractivity contribution in [3.05, 3.63) is 65.6 Å². The van der Waals surface area contributed by atoms with E-state index in [1.54, 1.807) is 6.26 Å². The molecule has 1 fully saturated rings. The predicted octanol–water partition coefficient (Wildman–Crippen LogP) is 4.65. The number of anilines is 1. The molecule has 0 spiro atoms. The number of nitrogens with zero attached hydrogens (tertiary/aromatic N) is 7. The molecule has 0 atom stereocenters. The maximum atomic E-state index is 9.78. The minimum Gasteiger partial charge on any atom is -0.467 e. The molecule has 9 heteroatoms. The molecule has 0 saturated carbocycles. The SMILES string of the molecule is Cc1cc(Sc2nnc(N3CCCC3)n2Cc2ccco2)n2c(nc3ccccc32)c1C#N. The molecule has 1 aliphatic rings. The Morgan fingerprint density at radius 1 is 1.12 bits per heavy atom. The van der Waals surface area contributed by atoms with E-state index < -0.39 is 0 Å². The number of hydrogen-bond acceptors (Lipinski definition) is 7. The first kappa shape index (κ1) is 19.9. The van der Waals surface area contributed by atoms with Gasteiger partial charge in [0.2, 0.25) is 5.95 Å². The number of benzene rings is 1. The van der Waals surface area contributed by atoms with Gasteiger partial charge in [0.05, 0.1) is 34.4 Å². The zero-order chi connectivity index (χ0) is 22.4. The van der Waals surface area contributed by atoms with Crippen LogP contribution >= 0.6 is 11.8 Å². The van der Waals surface area contributed by atoms with Gasteiger partial charge in [-0.2, -0.15) is 5.26 Å². The smallest absolute Gasteiger partial charge is 0.228 e. The Labute approximate surface area is 194 Å². The van der Waals surface area contributed by atoms with Gasteiger partial charge in [0.1, 0.15) is 11.8 Å². The number of imidazole rings is 1. The number of aryl methyl sites for hydroxylation is 1. The molecule has 1 saturated heterocycles. The Morgan fingerprint density at radius 3 is 2.76 bits per heavy atom. The maximum absolute atomic E-state index is 9.78. The molecule has 4 aromatic heterocycles. The summed E-state index contributed by atoms with van der Waals surface area (Å²) in [5, 5.41) is 20.6. The van der Waals surface area contributed by atoms with Gasteiger partial charge in [-0.1, -0.05) is 12.1 Å². The fourth-order valence-electron chi connectivity index (χ4n) is 4.43. The molecule has 5 aromatic rings.